The first-order chi connectivity index (χ1) is 8.29. The number of nitrogens with zero attached hydrogens (tertiary/aromatic N) is 3. The normalized spacial score (nSPS) is 11.7. The molecule has 0 atom stereocenters. The van der Waals surface area contributed by atoms with Gasteiger partial charge in [0, 0.05) is 0 Å². The van der Waals surface area contributed by atoms with Crippen molar-refractivity contribution in [2.24, 2.45) is 5.14 Å². The van der Waals surface area contributed by atoms with E-state index in [9.17, 15) is 8.42 Å². The zero-order valence-corrected chi connectivity index (χ0v) is 10.8. The van der Waals surface area contributed by atoms with E-state index >= 15 is 0 Å². The second-order valence-corrected chi connectivity index (χ2v) is 5.45. The van der Waals surface area contributed by atoms with E-state index in [0.29, 0.717) is 17.3 Å². The number of aryl methyl sites for hydroxylation is 2. The smallest absolute Gasteiger partial charge is 0.238 e. The number of benzene rings is 1. The summed E-state index contributed by atoms with van der Waals surface area (Å²) in [6.45, 7) is 3.55. The standard InChI is InChI=1S/C10H13N5O2S/c1-6-13-7(2)15(14-6)10-4-3-8(5-9(10)11)18(12,16)17/h3-5H,11H2,1-2H3,(H2,12,16,17). The molecule has 8 heteroatoms. The van der Waals surface area contributed by atoms with Crippen LogP contribution in [0.4, 0.5) is 5.69 Å². The second-order valence-electron chi connectivity index (χ2n) is 3.88. The maximum atomic E-state index is 11.2. The molecule has 2 rings (SSSR count). The van der Waals surface area contributed by atoms with Crippen LogP contribution in [0.25, 0.3) is 5.69 Å². The quantitative estimate of drug-likeness (QED) is 0.749. The SMILES string of the molecule is Cc1nc(C)n(-c2ccc(S(N)(=O)=O)cc2N)n1. The summed E-state index contributed by atoms with van der Waals surface area (Å²) in [5.74, 6) is 1.28. The van der Waals surface area contributed by atoms with E-state index in [1.165, 1.54) is 12.1 Å². The molecule has 1 aromatic carbocycles. The van der Waals surface area contributed by atoms with Crippen molar-refractivity contribution in [3.8, 4) is 5.69 Å². The first-order valence-corrected chi connectivity index (χ1v) is 6.66. The molecule has 4 N–H and O–H groups in total. The molecule has 1 aromatic heterocycles. The highest BCUT2D eigenvalue weighted by Gasteiger charge is 2.13. The fourth-order valence-electron chi connectivity index (χ4n) is 1.65. The fraction of sp³-hybridized carbons (Fsp3) is 0.200. The Morgan fingerprint density at radius 2 is 1.94 bits per heavy atom. The molecule has 96 valence electrons. The van der Waals surface area contributed by atoms with Crippen LogP contribution in [0.3, 0.4) is 0 Å². The topological polar surface area (TPSA) is 117 Å². The summed E-state index contributed by atoms with van der Waals surface area (Å²) in [6.07, 6.45) is 0. The zero-order valence-electron chi connectivity index (χ0n) is 9.95. The summed E-state index contributed by atoms with van der Waals surface area (Å²) < 4.78 is 23.9. The lowest BCUT2D eigenvalue weighted by Gasteiger charge is -2.08. The van der Waals surface area contributed by atoms with Gasteiger partial charge in [-0.25, -0.2) is 23.2 Å². The molecule has 7 nitrogen and oxygen atoms in total. The average Bonchev–Trinajstić information content (AvgIpc) is 2.56. The number of hydrogen-bond donors (Lipinski definition) is 2. The van der Waals surface area contributed by atoms with Crippen molar-refractivity contribution in [2.45, 2.75) is 18.7 Å². The lowest BCUT2D eigenvalue weighted by molar-refractivity contribution is 0.598. The minimum absolute atomic E-state index is 0.0294. The highest BCUT2D eigenvalue weighted by Crippen LogP contribution is 2.21. The number of anilines is 1. The number of aromatic nitrogens is 3. The van der Waals surface area contributed by atoms with Crippen molar-refractivity contribution in [2.75, 3.05) is 5.73 Å². The van der Waals surface area contributed by atoms with Crippen molar-refractivity contribution in [3.05, 3.63) is 29.8 Å². The number of primary sulfonamides is 1. The number of sulfonamides is 1. The van der Waals surface area contributed by atoms with E-state index in [-0.39, 0.29) is 10.6 Å². The Hall–Kier alpha value is -1.93. The summed E-state index contributed by atoms with van der Waals surface area (Å²) in [6, 6.07) is 4.24. The Kier molecular flexibility index (Phi) is 2.83. The van der Waals surface area contributed by atoms with Crippen molar-refractivity contribution in [1.82, 2.24) is 14.8 Å². The Bertz CT molecular complexity index is 705. The summed E-state index contributed by atoms with van der Waals surface area (Å²) >= 11 is 0. The Morgan fingerprint density at radius 1 is 1.28 bits per heavy atom. The molecule has 2 aromatic rings. The van der Waals surface area contributed by atoms with Gasteiger partial charge in [-0.05, 0) is 32.0 Å². The van der Waals surface area contributed by atoms with E-state index in [1.54, 1.807) is 24.6 Å². The van der Waals surface area contributed by atoms with Crippen molar-refractivity contribution >= 4 is 15.7 Å². The van der Waals surface area contributed by atoms with Gasteiger partial charge in [0.15, 0.2) is 0 Å². The van der Waals surface area contributed by atoms with Crippen LogP contribution in [0.2, 0.25) is 0 Å². The first kappa shape index (κ1) is 12.5. The van der Waals surface area contributed by atoms with Crippen LogP contribution in [0.5, 0.6) is 0 Å². The van der Waals surface area contributed by atoms with E-state index in [4.69, 9.17) is 10.9 Å². The monoisotopic (exact) mass is 267 g/mol. The van der Waals surface area contributed by atoms with Gasteiger partial charge < -0.3 is 5.73 Å². The third-order valence-electron chi connectivity index (χ3n) is 2.43. The number of hydrogen-bond acceptors (Lipinski definition) is 5. The molecule has 0 radical (unpaired) electrons. The van der Waals surface area contributed by atoms with Crippen molar-refractivity contribution < 1.29 is 8.42 Å². The van der Waals surface area contributed by atoms with Crippen molar-refractivity contribution in [3.63, 3.8) is 0 Å². The van der Waals surface area contributed by atoms with Crippen LogP contribution in [0.1, 0.15) is 11.6 Å². The largest absolute Gasteiger partial charge is 0.397 e. The van der Waals surface area contributed by atoms with Gasteiger partial charge >= 0.3 is 0 Å². The highest BCUT2D eigenvalue weighted by molar-refractivity contribution is 7.89. The Morgan fingerprint density at radius 3 is 2.39 bits per heavy atom. The molecular formula is C10H13N5O2S. The van der Waals surface area contributed by atoms with E-state index in [1.807, 2.05) is 0 Å². The van der Waals surface area contributed by atoms with Gasteiger partial charge in [-0.3, -0.25) is 0 Å². The number of nitrogens with two attached hydrogens (primary N) is 2. The lowest BCUT2D eigenvalue weighted by Crippen LogP contribution is -2.13. The Labute approximate surface area is 104 Å². The molecule has 1 heterocycles. The summed E-state index contributed by atoms with van der Waals surface area (Å²) in [5, 5.41) is 9.21. The predicted octanol–water partition coefficient (Wildman–Crippen LogP) is 0.114. The van der Waals surface area contributed by atoms with Crippen LogP contribution in [0.15, 0.2) is 23.1 Å². The van der Waals surface area contributed by atoms with Crippen LogP contribution >= 0.6 is 0 Å². The van der Waals surface area contributed by atoms with E-state index in [2.05, 4.69) is 10.1 Å². The molecule has 0 saturated carbocycles. The van der Waals surface area contributed by atoms with Crippen LogP contribution in [0, 0.1) is 13.8 Å². The zero-order chi connectivity index (χ0) is 13.5. The van der Waals surface area contributed by atoms with E-state index < -0.39 is 10.0 Å². The molecule has 0 spiro atoms. The minimum atomic E-state index is -3.75. The molecule has 0 aliphatic heterocycles. The van der Waals surface area contributed by atoms with Crippen molar-refractivity contribution in [1.29, 1.82) is 0 Å². The molecule has 0 saturated heterocycles. The molecule has 0 unspecified atom stereocenters. The molecule has 0 fully saturated rings. The summed E-state index contributed by atoms with van der Waals surface area (Å²) in [5.41, 5.74) is 6.66. The van der Waals surface area contributed by atoms with E-state index in [0.717, 1.165) is 0 Å². The molecule has 0 amide bonds. The van der Waals surface area contributed by atoms with Crippen LogP contribution in [-0.2, 0) is 10.0 Å². The molecule has 0 aliphatic rings. The van der Waals surface area contributed by atoms with Gasteiger partial charge in [0.2, 0.25) is 10.0 Å². The fourth-order valence-corrected chi connectivity index (χ4v) is 2.20. The van der Waals surface area contributed by atoms with Crippen LogP contribution < -0.4 is 10.9 Å². The number of nitrogen functional groups attached to an aromatic ring is 1. The summed E-state index contributed by atoms with van der Waals surface area (Å²) in [4.78, 5) is 4.12. The molecule has 18 heavy (non-hydrogen) atoms. The third kappa shape index (κ3) is 2.20. The average molecular weight is 267 g/mol. The van der Waals surface area contributed by atoms with Gasteiger partial charge in [-0.1, -0.05) is 0 Å². The molecular weight excluding hydrogens is 254 g/mol. The van der Waals surface area contributed by atoms with Gasteiger partial charge in [0.1, 0.15) is 11.6 Å². The molecule has 0 bridgehead atoms. The van der Waals surface area contributed by atoms with Gasteiger partial charge in [-0.2, -0.15) is 5.10 Å². The highest BCUT2D eigenvalue weighted by atomic mass is 32.2. The maximum absolute atomic E-state index is 11.2. The predicted molar refractivity (Wildman–Crippen MR) is 66.6 cm³/mol. The third-order valence-corrected chi connectivity index (χ3v) is 3.34. The lowest BCUT2D eigenvalue weighted by atomic mass is 10.2. The van der Waals surface area contributed by atoms with Gasteiger partial charge in [0.25, 0.3) is 0 Å². The first-order valence-electron chi connectivity index (χ1n) is 5.12. The van der Waals surface area contributed by atoms with Gasteiger partial charge in [0.05, 0.1) is 16.3 Å². The summed E-state index contributed by atoms with van der Waals surface area (Å²) in [7, 11) is -3.75. The second kappa shape index (κ2) is 4.07. The maximum Gasteiger partial charge on any atom is 0.238 e. The minimum Gasteiger partial charge on any atom is -0.397 e. The Balaban J connectivity index is 2.58. The number of rotatable bonds is 2. The van der Waals surface area contributed by atoms with Gasteiger partial charge in [-0.15, -0.1) is 0 Å². The molecule has 0 aliphatic carbocycles. The van der Waals surface area contributed by atoms with Crippen LogP contribution in [-0.4, -0.2) is 23.2 Å².